The minimum Gasteiger partial charge on any atom is -0.249 e. The van der Waals surface area contributed by atoms with Crippen LogP contribution in [-0.2, 0) is 5.41 Å². The van der Waals surface area contributed by atoms with Gasteiger partial charge in [0.2, 0.25) is 0 Å². The van der Waals surface area contributed by atoms with Gasteiger partial charge in [0.1, 0.15) is 11.3 Å². The van der Waals surface area contributed by atoms with Gasteiger partial charge >= 0.3 is 0 Å². The molecule has 0 atom stereocenters. The molecule has 0 aliphatic carbocycles. The van der Waals surface area contributed by atoms with Gasteiger partial charge in [-0.1, -0.05) is 32.4 Å². The molecule has 0 unspecified atom stereocenters. The maximum Gasteiger partial charge on any atom is 0.152 e. The molecule has 1 heterocycles. The van der Waals surface area contributed by atoms with Crippen molar-refractivity contribution in [2.24, 2.45) is 0 Å². The lowest BCUT2D eigenvalue weighted by atomic mass is 9.91. The standard InChI is InChI=1S/C13H12ClF2N/c1-13(2,3)11-6-9(14)8-4-7(15)5-10(16)12(8)17-11/h4-6H,1-3H3. The summed E-state index contributed by atoms with van der Waals surface area (Å²) >= 11 is 6.04. The van der Waals surface area contributed by atoms with E-state index in [-0.39, 0.29) is 10.9 Å². The van der Waals surface area contributed by atoms with Crippen LogP contribution in [0.4, 0.5) is 8.78 Å². The molecular weight excluding hydrogens is 244 g/mol. The first-order valence-corrected chi connectivity index (χ1v) is 5.62. The molecule has 0 bridgehead atoms. The molecule has 0 amide bonds. The quantitative estimate of drug-likeness (QED) is 0.677. The molecule has 0 saturated heterocycles. The van der Waals surface area contributed by atoms with Gasteiger partial charge in [-0.05, 0) is 12.1 Å². The average Bonchev–Trinajstić information content (AvgIpc) is 2.17. The fourth-order valence-electron chi connectivity index (χ4n) is 1.60. The van der Waals surface area contributed by atoms with E-state index in [0.29, 0.717) is 16.1 Å². The molecule has 0 aliphatic rings. The Morgan fingerprint density at radius 1 is 1.12 bits per heavy atom. The van der Waals surface area contributed by atoms with Crippen LogP contribution in [-0.4, -0.2) is 4.98 Å². The van der Waals surface area contributed by atoms with Crippen LogP contribution in [0.2, 0.25) is 5.02 Å². The van der Waals surface area contributed by atoms with Gasteiger partial charge < -0.3 is 0 Å². The Morgan fingerprint density at radius 3 is 2.35 bits per heavy atom. The third kappa shape index (κ3) is 2.25. The number of halogens is 3. The van der Waals surface area contributed by atoms with Crippen LogP contribution < -0.4 is 0 Å². The lowest BCUT2D eigenvalue weighted by Crippen LogP contribution is -2.13. The van der Waals surface area contributed by atoms with Gasteiger partial charge in [0.05, 0.1) is 5.02 Å². The summed E-state index contributed by atoms with van der Waals surface area (Å²) in [5, 5.41) is 0.621. The maximum atomic E-state index is 13.6. The number of pyridine rings is 1. The second-order valence-corrected chi connectivity index (χ2v) is 5.43. The first kappa shape index (κ1) is 12.2. The van der Waals surface area contributed by atoms with Crippen LogP contribution >= 0.6 is 11.6 Å². The van der Waals surface area contributed by atoms with Crippen molar-refractivity contribution in [1.82, 2.24) is 4.98 Å². The third-order valence-electron chi connectivity index (χ3n) is 2.55. The Labute approximate surface area is 103 Å². The number of hydrogen-bond acceptors (Lipinski definition) is 1. The molecule has 17 heavy (non-hydrogen) atoms. The molecule has 0 radical (unpaired) electrons. The predicted molar refractivity (Wildman–Crippen MR) is 65.4 cm³/mol. The second kappa shape index (κ2) is 3.91. The Morgan fingerprint density at radius 2 is 1.76 bits per heavy atom. The van der Waals surface area contributed by atoms with E-state index in [2.05, 4.69) is 4.98 Å². The van der Waals surface area contributed by atoms with Gasteiger partial charge in [-0.3, -0.25) is 0 Å². The van der Waals surface area contributed by atoms with Gasteiger partial charge in [-0.2, -0.15) is 0 Å². The fourth-order valence-corrected chi connectivity index (χ4v) is 1.84. The van der Waals surface area contributed by atoms with Crippen molar-refractivity contribution < 1.29 is 8.78 Å². The average molecular weight is 256 g/mol. The Kier molecular flexibility index (Phi) is 2.82. The van der Waals surface area contributed by atoms with Crippen LogP contribution in [0, 0.1) is 11.6 Å². The summed E-state index contributed by atoms with van der Waals surface area (Å²) in [4.78, 5) is 4.22. The molecule has 0 fully saturated rings. The van der Waals surface area contributed by atoms with Crippen molar-refractivity contribution in [1.29, 1.82) is 0 Å². The van der Waals surface area contributed by atoms with Gasteiger partial charge in [-0.15, -0.1) is 0 Å². The van der Waals surface area contributed by atoms with Gasteiger partial charge in [0.25, 0.3) is 0 Å². The summed E-state index contributed by atoms with van der Waals surface area (Å²) in [6, 6.07) is 3.67. The van der Waals surface area contributed by atoms with Crippen LogP contribution in [0.1, 0.15) is 26.5 Å². The molecule has 1 aromatic carbocycles. The Hall–Kier alpha value is -1.22. The van der Waals surface area contributed by atoms with Gasteiger partial charge in [0.15, 0.2) is 5.82 Å². The summed E-state index contributed by atoms with van der Waals surface area (Å²) in [5.74, 6) is -1.34. The van der Waals surface area contributed by atoms with E-state index in [1.807, 2.05) is 20.8 Å². The minimum atomic E-state index is -0.687. The zero-order chi connectivity index (χ0) is 12.8. The minimum absolute atomic E-state index is 0.115. The van der Waals surface area contributed by atoms with Crippen LogP contribution in [0.15, 0.2) is 18.2 Å². The first-order chi connectivity index (χ1) is 7.79. The summed E-state index contributed by atoms with van der Waals surface area (Å²) in [5.41, 5.74) is 0.558. The highest BCUT2D eigenvalue weighted by atomic mass is 35.5. The van der Waals surface area contributed by atoms with E-state index in [1.54, 1.807) is 6.07 Å². The van der Waals surface area contributed by atoms with Crippen LogP contribution in [0.25, 0.3) is 10.9 Å². The first-order valence-electron chi connectivity index (χ1n) is 5.25. The molecule has 2 rings (SSSR count). The lowest BCUT2D eigenvalue weighted by Gasteiger charge is -2.18. The Bertz CT molecular complexity index is 588. The zero-order valence-corrected chi connectivity index (χ0v) is 10.6. The van der Waals surface area contributed by atoms with Crippen molar-refractivity contribution in [2.75, 3.05) is 0 Å². The molecule has 0 aliphatic heterocycles. The highest BCUT2D eigenvalue weighted by molar-refractivity contribution is 6.35. The molecule has 4 heteroatoms. The molecule has 2 aromatic rings. The molecule has 90 valence electrons. The summed E-state index contributed by atoms with van der Waals surface area (Å²) in [6.07, 6.45) is 0. The Balaban J connectivity index is 2.83. The fraction of sp³-hybridized carbons (Fsp3) is 0.308. The van der Waals surface area contributed by atoms with Crippen molar-refractivity contribution in [3.05, 3.63) is 40.6 Å². The number of fused-ring (bicyclic) bond motifs is 1. The van der Waals surface area contributed by atoms with Crippen molar-refractivity contribution in [3.8, 4) is 0 Å². The summed E-state index contributed by atoms with van der Waals surface area (Å²) in [6.45, 7) is 5.87. The number of hydrogen-bond donors (Lipinski definition) is 0. The van der Waals surface area contributed by atoms with Crippen molar-refractivity contribution in [3.63, 3.8) is 0 Å². The highest BCUT2D eigenvalue weighted by Gasteiger charge is 2.19. The van der Waals surface area contributed by atoms with E-state index in [0.717, 1.165) is 6.07 Å². The van der Waals surface area contributed by atoms with Gasteiger partial charge in [0, 0.05) is 22.6 Å². The molecule has 0 saturated carbocycles. The monoisotopic (exact) mass is 255 g/mol. The number of benzene rings is 1. The third-order valence-corrected chi connectivity index (χ3v) is 2.86. The number of rotatable bonds is 0. The van der Waals surface area contributed by atoms with Crippen molar-refractivity contribution >= 4 is 22.5 Å². The SMILES string of the molecule is CC(C)(C)c1cc(Cl)c2cc(F)cc(F)c2n1. The van der Waals surface area contributed by atoms with Gasteiger partial charge in [-0.25, -0.2) is 13.8 Å². The number of nitrogens with zero attached hydrogens (tertiary/aromatic N) is 1. The molecule has 1 nitrogen and oxygen atoms in total. The lowest BCUT2D eigenvalue weighted by molar-refractivity contribution is 0.566. The van der Waals surface area contributed by atoms with Crippen LogP contribution in [0.5, 0.6) is 0 Å². The molecular formula is C13H12ClF2N. The van der Waals surface area contributed by atoms with E-state index in [4.69, 9.17) is 11.6 Å². The summed E-state index contributed by atoms with van der Waals surface area (Å²) < 4.78 is 26.7. The topological polar surface area (TPSA) is 12.9 Å². The van der Waals surface area contributed by atoms with Crippen LogP contribution in [0.3, 0.4) is 0 Å². The molecule has 1 aromatic heterocycles. The summed E-state index contributed by atoms with van der Waals surface area (Å²) in [7, 11) is 0. The number of aromatic nitrogens is 1. The second-order valence-electron chi connectivity index (χ2n) is 5.02. The normalized spacial score (nSPS) is 12.1. The maximum absolute atomic E-state index is 13.6. The van der Waals surface area contributed by atoms with Crippen molar-refractivity contribution in [2.45, 2.75) is 26.2 Å². The largest absolute Gasteiger partial charge is 0.249 e. The van der Waals surface area contributed by atoms with E-state index >= 15 is 0 Å². The smallest absolute Gasteiger partial charge is 0.152 e. The molecule has 0 N–H and O–H groups in total. The zero-order valence-electron chi connectivity index (χ0n) is 9.81. The highest BCUT2D eigenvalue weighted by Crippen LogP contribution is 2.30. The van der Waals surface area contributed by atoms with E-state index < -0.39 is 11.6 Å². The predicted octanol–water partition coefficient (Wildman–Crippen LogP) is 4.46. The van der Waals surface area contributed by atoms with E-state index in [9.17, 15) is 8.78 Å². The van der Waals surface area contributed by atoms with E-state index in [1.165, 1.54) is 6.07 Å². The molecule has 0 spiro atoms.